The van der Waals surface area contributed by atoms with Crippen molar-refractivity contribution in [1.82, 2.24) is 0 Å². The molecule has 13 heavy (non-hydrogen) atoms. The summed E-state index contributed by atoms with van der Waals surface area (Å²) in [6, 6.07) is 8.36. The molecule has 0 heterocycles. The van der Waals surface area contributed by atoms with Crippen molar-refractivity contribution in [2.24, 2.45) is 5.73 Å². The molecule has 0 spiro atoms. The van der Waals surface area contributed by atoms with E-state index in [0.717, 1.165) is 6.42 Å². The standard InChI is InChI=1S/C12H15N/c1-9-7-10-5-3-4-6-11(10)12(2,13)8-9/h3-7H,8,13H2,1-2H3. The molecule has 0 saturated carbocycles. The summed E-state index contributed by atoms with van der Waals surface area (Å²) >= 11 is 0. The van der Waals surface area contributed by atoms with Crippen molar-refractivity contribution in [1.29, 1.82) is 0 Å². The maximum absolute atomic E-state index is 6.24. The number of hydrogen-bond acceptors (Lipinski definition) is 1. The van der Waals surface area contributed by atoms with Crippen molar-refractivity contribution < 1.29 is 0 Å². The number of nitrogens with two attached hydrogens (primary N) is 1. The third kappa shape index (κ3) is 1.40. The number of hydrogen-bond donors (Lipinski definition) is 1. The van der Waals surface area contributed by atoms with E-state index in [2.05, 4.69) is 44.2 Å². The quantitative estimate of drug-likeness (QED) is 0.641. The normalized spacial score (nSPS) is 26.5. The second kappa shape index (κ2) is 2.71. The highest BCUT2D eigenvalue weighted by molar-refractivity contribution is 5.61. The van der Waals surface area contributed by atoms with Gasteiger partial charge < -0.3 is 5.73 Å². The monoisotopic (exact) mass is 173 g/mol. The summed E-state index contributed by atoms with van der Waals surface area (Å²) in [7, 11) is 0. The highest BCUT2D eigenvalue weighted by Crippen LogP contribution is 2.34. The van der Waals surface area contributed by atoms with Gasteiger partial charge in [0.15, 0.2) is 0 Å². The van der Waals surface area contributed by atoms with Gasteiger partial charge in [-0.3, -0.25) is 0 Å². The lowest BCUT2D eigenvalue weighted by molar-refractivity contribution is 0.484. The van der Waals surface area contributed by atoms with Gasteiger partial charge in [0, 0.05) is 5.54 Å². The van der Waals surface area contributed by atoms with Crippen LogP contribution in [0.2, 0.25) is 0 Å². The van der Waals surface area contributed by atoms with Gasteiger partial charge in [-0.2, -0.15) is 0 Å². The summed E-state index contributed by atoms with van der Waals surface area (Å²) < 4.78 is 0. The smallest absolute Gasteiger partial charge is 0.0424 e. The molecule has 1 unspecified atom stereocenters. The van der Waals surface area contributed by atoms with E-state index in [1.165, 1.54) is 16.7 Å². The van der Waals surface area contributed by atoms with Gasteiger partial charge >= 0.3 is 0 Å². The predicted molar refractivity (Wildman–Crippen MR) is 56.2 cm³/mol. The van der Waals surface area contributed by atoms with E-state index in [9.17, 15) is 0 Å². The van der Waals surface area contributed by atoms with E-state index in [1.807, 2.05) is 0 Å². The fourth-order valence-corrected chi connectivity index (χ4v) is 2.13. The average molecular weight is 173 g/mol. The predicted octanol–water partition coefficient (Wildman–Crippen LogP) is 2.67. The first-order valence-electron chi connectivity index (χ1n) is 4.65. The first kappa shape index (κ1) is 8.52. The van der Waals surface area contributed by atoms with Gasteiger partial charge in [0.2, 0.25) is 0 Å². The van der Waals surface area contributed by atoms with Crippen LogP contribution >= 0.6 is 0 Å². The van der Waals surface area contributed by atoms with E-state index in [0.29, 0.717) is 0 Å². The Morgan fingerprint density at radius 3 is 2.77 bits per heavy atom. The van der Waals surface area contributed by atoms with Crippen LogP contribution in [0.4, 0.5) is 0 Å². The Bertz CT molecular complexity index is 361. The van der Waals surface area contributed by atoms with Crippen LogP contribution in [-0.2, 0) is 5.54 Å². The Morgan fingerprint density at radius 2 is 2.00 bits per heavy atom. The molecule has 0 bridgehead atoms. The lowest BCUT2D eigenvalue weighted by atomic mass is 9.79. The topological polar surface area (TPSA) is 26.0 Å². The Balaban J connectivity index is 2.62. The highest BCUT2D eigenvalue weighted by Gasteiger charge is 2.26. The first-order valence-corrected chi connectivity index (χ1v) is 4.65. The van der Waals surface area contributed by atoms with E-state index in [1.54, 1.807) is 0 Å². The fraction of sp³-hybridized carbons (Fsp3) is 0.333. The molecule has 0 fully saturated rings. The van der Waals surface area contributed by atoms with E-state index < -0.39 is 0 Å². The van der Waals surface area contributed by atoms with E-state index in [4.69, 9.17) is 5.73 Å². The summed E-state index contributed by atoms with van der Waals surface area (Å²) in [5, 5.41) is 0. The Hall–Kier alpha value is -1.08. The van der Waals surface area contributed by atoms with Gasteiger partial charge in [0.1, 0.15) is 0 Å². The zero-order valence-corrected chi connectivity index (χ0v) is 8.17. The van der Waals surface area contributed by atoms with Crippen LogP contribution < -0.4 is 5.73 Å². The van der Waals surface area contributed by atoms with Crippen molar-refractivity contribution >= 4 is 6.08 Å². The van der Waals surface area contributed by atoms with Gasteiger partial charge in [0.05, 0.1) is 0 Å². The molecule has 0 radical (unpaired) electrons. The molecule has 0 saturated heterocycles. The number of rotatable bonds is 0. The maximum Gasteiger partial charge on any atom is 0.0424 e. The molecule has 1 aliphatic carbocycles. The van der Waals surface area contributed by atoms with Crippen LogP contribution in [0.5, 0.6) is 0 Å². The van der Waals surface area contributed by atoms with Gasteiger partial charge in [-0.15, -0.1) is 0 Å². The summed E-state index contributed by atoms with van der Waals surface area (Å²) in [6.07, 6.45) is 3.19. The molecule has 0 amide bonds. The number of fused-ring (bicyclic) bond motifs is 1. The van der Waals surface area contributed by atoms with Gasteiger partial charge in [0.25, 0.3) is 0 Å². The molecule has 1 heteroatoms. The van der Waals surface area contributed by atoms with E-state index in [-0.39, 0.29) is 5.54 Å². The molecular weight excluding hydrogens is 158 g/mol. The molecule has 1 aromatic rings. The molecule has 2 N–H and O–H groups in total. The minimum absolute atomic E-state index is 0.185. The summed E-state index contributed by atoms with van der Waals surface area (Å²) in [5.74, 6) is 0. The van der Waals surface area contributed by atoms with Crippen LogP contribution in [0.1, 0.15) is 31.4 Å². The van der Waals surface area contributed by atoms with Crippen molar-refractivity contribution in [3.05, 3.63) is 41.0 Å². The molecule has 1 aliphatic rings. The van der Waals surface area contributed by atoms with Crippen molar-refractivity contribution in [3.63, 3.8) is 0 Å². The zero-order chi connectivity index (χ0) is 9.47. The Morgan fingerprint density at radius 1 is 1.31 bits per heavy atom. The SMILES string of the molecule is CC1=Cc2ccccc2C(C)(N)C1. The molecule has 1 aromatic carbocycles. The molecular formula is C12H15N. The summed E-state index contributed by atoms with van der Waals surface area (Å²) in [6.45, 7) is 4.24. The van der Waals surface area contributed by atoms with Crippen molar-refractivity contribution in [3.8, 4) is 0 Å². The first-order chi connectivity index (χ1) is 6.09. The molecule has 1 atom stereocenters. The lowest BCUT2D eigenvalue weighted by Crippen LogP contribution is -2.35. The molecule has 2 rings (SSSR count). The minimum atomic E-state index is -0.185. The zero-order valence-electron chi connectivity index (χ0n) is 8.17. The van der Waals surface area contributed by atoms with Crippen molar-refractivity contribution in [2.75, 3.05) is 0 Å². The summed E-state index contributed by atoms with van der Waals surface area (Å²) in [5.41, 5.74) is 9.96. The number of benzene rings is 1. The Kier molecular flexibility index (Phi) is 1.77. The van der Waals surface area contributed by atoms with E-state index >= 15 is 0 Å². The Labute approximate surface area is 79.3 Å². The lowest BCUT2D eigenvalue weighted by Gasteiger charge is -2.31. The highest BCUT2D eigenvalue weighted by atomic mass is 14.7. The van der Waals surface area contributed by atoms with Crippen molar-refractivity contribution in [2.45, 2.75) is 25.8 Å². The minimum Gasteiger partial charge on any atom is -0.321 e. The average Bonchev–Trinajstić information content (AvgIpc) is 2.02. The summed E-state index contributed by atoms with van der Waals surface area (Å²) in [4.78, 5) is 0. The molecule has 1 nitrogen and oxygen atoms in total. The molecule has 0 aliphatic heterocycles. The molecule has 0 aromatic heterocycles. The fourth-order valence-electron chi connectivity index (χ4n) is 2.13. The van der Waals surface area contributed by atoms with Gasteiger partial charge in [-0.1, -0.05) is 35.9 Å². The molecule has 68 valence electrons. The second-order valence-electron chi connectivity index (χ2n) is 4.17. The van der Waals surface area contributed by atoms with Crippen LogP contribution in [-0.4, -0.2) is 0 Å². The second-order valence-corrected chi connectivity index (χ2v) is 4.17. The largest absolute Gasteiger partial charge is 0.321 e. The van der Waals surface area contributed by atoms with Crippen LogP contribution in [0.25, 0.3) is 6.08 Å². The van der Waals surface area contributed by atoms with Crippen LogP contribution in [0, 0.1) is 0 Å². The van der Waals surface area contributed by atoms with Gasteiger partial charge in [-0.25, -0.2) is 0 Å². The maximum atomic E-state index is 6.24. The third-order valence-corrected chi connectivity index (χ3v) is 2.62. The van der Waals surface area contributed by atoms with Crippen LogP contribution in [0.3, 0.4) is 0 Å². The third-order valence-electron chi connectivity index (χ3n) is 2.62. The van der Waals surface area contributed by atoms with Crippen LogP contribution in [0.15, 0.2) is 29.8 Å². The van der Waals surface area contributed by atoms with Gasteiger partial charge in [-0.05, 0) is 31.4 Å².